The van der Waals surface area contributed by atoms with E-state index in [1.807, 2.05) is 53.2 Å². The van der Waals surface area contributed by atoms with Crippen LogP contribution < -0.4 is 0 Å². The van der Waals surface area contributed by atoms with E-state index in [1.54, 1.807) is 6.92 Å². The van der Waals surface area contributed by atoms with Crippen LogP contribution in [0.1, 0.15) is 23.6 Å². The molecular weight excluding hydrogens is 350 g/mol. The Morgan fingerprint density at radius 1 is 1.14 bits per heavy atom. The van der Waals surface area contributed by atoms with E-state index in [2.05, 4.69) is 32.0 Å². The summed E-state index contributed by atoms with van der Waals surface area (Å²) in [6, 6.07) is 16.4. The highest BCUT2D eigenvalue weighted by Crippen LogP contribution is 2.26. The number of benzene rings is 2. The van der Waals surface area contributed by atoms with Crippen molar-refractivity contribution in [3.8, 4) is 16.9 Å². The van der Waals surface area contributed by atoms with E-state index in [0.29, 0.717) is 13.1 Å². The van der Waals surface area contributed by atoms with Crippen molar-refractivity contribution in [3.63, 3.8) is 0 Å². The van der Waals surface area contributed by atoms with E-state index in [4.69, 9.17) is 5.10 Å². The summed E-state index contributed by atoms with van der Waals surface area (Å²) in [7, 11) is 1.95. The van der Waals surface area contributed by atoms with Crippen molar-refractivity contribution in [2.24, 2.45) is 5.92 Å². The number of rotatable bonds is 7. The first-order chi connectivity index (χ1) is 13.3. The van der Waals surface area contributed by atoms with Crippen LogP contribution in [0.25, 0.3) is 16.9 Å². The van der Waals surface area contributed by atoms with Crippen LogP contribution in [-0.4, -0.2) is 39.3 Å². The van der Waals surface area contributed by atoms with Crippen LogP contribution in [-0.2, 0) is 11.3 Å². The summed E-state index contributed by atoms with van der Waals surface area (Å²) < 4.78 is 1.90. The molecule has 1 N–H and O–H groups in total. The Kier molecular flexibility index (Phi) is 5.95. The van der Waals surface area contributed by atoms with E-state index in [0.717, 1.165) is 22.5 Å². The van der Waals surface area contributed by atoms with Gasteiger partial charge in [0.1, 0.15) is 0 Å². The van der Waals surface area contributed by atoms with Gasteiger partial charge in [0.2, 0.25) is 0 Å². The van der Waals surface area contributed by atoms with Crippen molar-refractivity contribution in [3.05, 3.63) is 71.4 Å². The number of hydrogen-bond acceptors (Lipinski definition) is 3. The fraction of sp³-hybridized carbons (Fsp3) is 0.304. The molecule has 0 radical (unpaired) electrons. The Hall–Kier alpha value is -2.92. The van der Waals surface area contributed by atoms with Gasteiger partial charge in [-0.25, -0.2) is 4.68 Å². The predicted octanol–water partition coefficient (Wildman–Crippen LogP) is 4.31. The SMILES string of the molecule is Cc1ccc(-c2nn(-c3ccccc3)cc2CN(C)CC(C)C(=O)O)cc1C. The van der Waals surface area contributed by atoms with E-state index < -0.39 is 11.9 Å². The molecule has 3 aromatic rings. The van der Waals surface area contributed by atoms with E-state index in [1.165, 1.54) is 11.1 Å². The number of aryl methyl sites for hydroxylation is 2. The van der Waals surface area contributed by atoms with Crippen LogP contribution in [0.4, 0.5) is 0 Å². The molecule has 28 heavy (non-hydrogen) atoms. The summed E-state index contributed by atoms with van der Waals surface area (Å²) in [5.74, 6) is -1.19. The number of carboxylic acid groups (broad SMARTS) is 1. The van der Waals surface area contributed by atoms with Gasteiger partial charge in [-0.15, -0.1) is 0 Å². The molecule has 0 amide bonds. The maximum atomic E-state index is 11.2. The van der Waals surface area contributed by atoms with Gasteiger partial charge in [0.25, 0.3) is 0 Å². The molecule has 0 saturated heterocycles. The summed E-state index contributed by atoms with van der Waals surface area (Å²) in [5, 5.41) is 14.1. The quantitative estimate of drug-likeness (QED) is 0.667. The smallest absolute Gasteiger partial charge is 0.307 e. The van der Waals surface area contributed by atoms with Crippen molar-refractivity contribution in [2.45, 2.75) is 27.3 Å². The van der Waals surface area contributed by atoms with Crippen molar-refractivity contribution >= 4 is 5.97 Å². The van der Waals surface area contributed by atoms with Gasteiger partial charge in [-0.1, -0.05) is 37.3 Å². The second kappa shape index (κ2) is 8.40. The lowest BCUT2D eigenvalue weighted by Crippen LogP contribution is -2.28. The number of carboxylic acids is 1. The number of carbonyl (C=O) groups is 1. The van der Waals surface area contributed by atoms with Crippen LogP contribution >= 0.6 is 0 Å². The summed E-state index contributed by atoms with van der Waals surface area (Å²) in [4.78, 5) is 13.2. The third-order valence-electron chi connectivity index (χ3n) is 5.04. The molecule has 0 spiro atoms. The molecular formula is C23H27N3O2. The normalized spacial score (nSPS) is 12.3. The largest absolute Gasteiger partial charge is 0.481 e. The van der Waals surface area contributed by atoms with Gasteiger partial charge in [0.15, 0.2) is 0 Å². The van der Waals surface area contributed by atoms with Crippen molar-refractivity contribution in [2.75, 3.05) is 13.6 Å². The second-order valence-electron chi connectivity index (χ2n) is 7.52. The first-order valence-corrected chi connectivity index (χ1v) is 9.48. The third-order valence-corrected chi connectivity index (χ3v) is 5.04. The first kappa shape index (κ1) is 19.8. The highest BCUT2D eigenvalue weighted by molar-refractivity contribution is 5.69. The molecule has 0 aliphatic heterocycles. The molecule has 1 heterocycles. The molecule has 1 unspecified atom stereocenters. The lowest BCUT2D eigenvalue weighted by Gasteiger charge is -2.19. The van der Waals surface area contributed by atoms with Crippen LogP contribution in [0.15, 0.2) is 54.7 Å². The number of hydrogen-bond donors (Lipinski definition) is 1. The summed E-state index contributed by atoms with van der Waals surface area (Å²) in [5.41, 5.74) is 6.56. The Balaban J connectivity index is 1.97. The summed E-state index contributed by atoms with van der Waals surface area (Å²) in [6.07, 6.45) is 2.04. The molecule has 0 aliphatic rings. The standard InChI is InChI=1S/C23H27N3O2/c1-16-10-11-19(12-17(16)2)22-20(14-25(4)13-18(3)23(27)28)15-26(24-22)21-8-6-5-7-9-21/h5-12,15,18H,13-14H2,1-4H3,(H,27,28). The lowest BCUT2D eigenvalue weighted by atomic mass is 10.0. The zero-order valence-corrected chi connectivity index (χ0v) is 16.9. The maximum Gasteiger partial charge on any atom is 0.307 e. The minimum absolute atomic E-state index is 0.417. The highest BCUT2D eigenvalue weighted by atomic mass is 16.4. The van der Waals surface area contributed by atoms with Gasteiger partial charge < -0.3 is 10.0 Å². The van der Waals surface area contributed by atoms with Gasteiger partial charge in [-0.3, -0.25) is 4.79 Å². The van der Waals surface area contributed by atoms with Crippen LogP contribution in [0, 0.1) is 19.8 Å². The fourth-order valence-corrected chi connectivity index (χ4v) is 3.27. The Morgan fingerprint density at radius 2 is 1.86 bits per heavy atom. The van der Waals surface area contributed by atoms with Gasteiger partial charge in [0.05, 0.1) is 17.3 Å². The molecule has 0 aliphatic carbocycles. The van der Waals surface area contributed by atoms with Crippen LogP contribution in [0.2, 0.25) is 0 Å². The third kappa shape index (κ3) is 4.49. The molecule has 0 fully saturated rings. The average Bonchev–Trinajstić information content (AvgIpc) is 3.08. The molecule has 1 aromatic heterocycles. The second-order valence-corrected chi connectivity index (χ2v) is 7.52. The Labute approximate surface area is 166 Å². The fourth-order valence-electron chi connectivity index (χ4n) is 3.27. The molecule has 3 rings (SSSR count). The number of para-hydroxylation sites is 1. The highest BCUT2D eigenvalue weighted by Gasteiger charge is 2.18. The van der Waals surface area contributed by atoms with Gasteiger partial charge in [-0.05, 0) is 50.2 Å². The van der Waals surface area contributed by atoms with Gasteiger partial charge in [-0.2, -0.15) is 5.10 Å². The average molecular weight is 377 g/mol. The van der Waals surface area contributed by atoms with Crippen LogP contribution in [0.5, 0.6) is 0 Å². The Morgan fingerprint density at radius 3 is 2.50 bits per heavy atom. The van der Waals surface area contributed by atoms with E-state index in [-0.39, 0.29) is 0 Å². The number of aliphatic carboxylic acids is 1. The van der Waals surface area contributed by atoms with Crippen molar-refractivity contribution < 1.29 is 9.90 Å². The lowest BCUT2D eigenvalue weighted by molar-refractivity contribution is -0.141. The monoisotopic (exact) mass is 377 g/mol. The zero-order valence-electron chi connectivity index (χ0n) is 16.9. The first-order valence-electron chi connectivity index (χ1n) is 9.48. The minimum Gasteiger partial charge on any atom is -0.481 e. The molecule has 2 aromatic carbocycles. The topological polar surface area (TPSA) is 58.4 Å². The van der Waals surface area contributed by atoms with Crippen molar-refractivity contribution in [1.82, 2.24) is 14.7 Å². The molecule has 5 heteroatoms. The summed E-state index contributed by atoms with van der Waals surface area (Å²) in [6.45, 7) is 7.05. The molecule has 5 nitrogen and oxygen atoms in total. The molecule has 0 saturated carbocycles. The van der Waals surface area contributed by atoms with Crippen molar-refractivity contribution in [1.29, 1.82) is 0 Å². The van der Waals surface area contributed by atoms with Gasteiger partial charge in [0, 0.05) is 30.4 Å². The van der Waals surface area contributed by atoms with E-state index >= 15 is 0 Å². The zero-order chi connectivity index (χ0) is 20.3. The van der Waals surface area contributed by atoms with Crippen LogP contribution in [0.3, 0.4) is 0 Å². The molecule has 1 atom stereocenters. The predicted molar refractivity (Wildman–Crippen MR) is 112 cm³/mol. The number of nitrogens with zero attached hydrogens (tertiary/aromatic N) is 3. The van der Waals surface area contributed by atoms with E-state index in [9.17, 15) is 9.90 Å². The number of aromatic nitrogens is 2. The summed E-state index contributed by atoms with van der Waals surface area (Å²) >= 11 is 0. The Bertz CT molecular complexity index is 963. The molecule has 0 bridgehead atoms. The van der Waals surface area contributed by atoms with Gasteiger partial charge >= 0.3 is 5.97 Å². The minimum atomic E-state index is -0.777. The maximum absolute atomic E-state index is 11.2. The molecule has 146 valence electrons.